The maximum absolute atomic E-state index is 12.3. The van der Waals surface area contributed by atoms with Crippen molar-refractivity contribution in [2.45, 2.75) is 33.1 Å². The van der Waals surface area contributed by atoms with Gasteiger partial charge in [-0.15, -0.1) is 0 Å². The average Bonchev–Trinajstić information content (AvgIpc) is 2.35. The molecule has 3 nitrogen and oxygen atoms in total. The molecule has 0 bridgehead atoms. The van der Waals surface area contributed by atoms with Crippen LogP contribution in [0.1, 0.15) is 30.9 Å². The number of hydrogen-bond donors (Lipinski definition) is 1. The fraction of sp³-hybridized carbons (Fsp3) is 0.533. The Morgan fingerprint density at radius 3 is 2.94 bits per heavy atom. The summed E-state index contributed by atoms with van der Waals surface area (Å²) in [6.07, 6.45) is 3.17. The van der Waals surface area contributed by atoms with Crippen LogP contribution in [0.15, 0.2) is 18.2 Å². The highest BCUT2D eigenvalue weighted by atomic mass is 16.2. The fourth-order valence-electron chi connectivity index (χ4n) is 2.56. The maximum atomic E-state index is 12.3. The Morgan fingerprint density at radius 1 is 1.33 bits per heavy atom. The smallest absolute Gasteiger partial charge is 0.240 e. The predicted octanol–water partition coefficient (Wildman–Crippen LogP) is 2.27. The highest BCUT2D eigenvalue weighted by molar-refractivity contribution is 5.96. The molecule has 1 aromatic rings. The summed E-state index contributed by atoms with van der Waals surface area (Å²) < 4.78 is 0. The largest absolute Gasteiger partial charge is 0.311 e. The van der Waals surface area contributed by atoms with E-state index in [0.717, 1.165) is 38.0 Å². The Bertz CT molecular complexity index is 429. The third-order valence-electron chi connectivity index (χ3n) is 3.53. The molecular weight excluding hydrogens is 224 g/mol. The van der Waals surface area contributed by atoms with E-state index in [4.69, 9.17) is 0 Å². The van der Waals surface area contributed by atoms with Gasteiger partial charge in [0.25, 0.3) is 0 Å². The predicted molar refractivity (Wildman–Crippen MR) is 75.0 cm³/mol. The molecule has 98 valence electrons. The molecule has 3 heteroatoms. The minimum atomic E-state index is 0.193. The van der Waals surface area contributed by atoms with Gasteiger partial charge >= 0.3 is 0 Å². The van der Waals surface area contributed by atoms with Crippen LogP contribution < -0.4 is 10.2 Å². The molecule has 0 atom stereocenters. The summed E-state index contributed by atoms with van der Waals surface area (Å²) in [6.45, 7) is 6.49. The first-order valence-corrected chi connectivity index (χ1v) is 6.83. The van der Waals surface area contributed by atoms with Crippen LogP contribution in [0.5, 0.6) is 0 Å². The summed E-state index contributed by atoms with van der Waals surface area (Å²) >= 11 is 0. The summed E-state index contributed by atoms with van der Waals surface area (Å²) in [4.78, 5) is 14.2. The van der Waals surface area contributed by atoms with Crippen LogP contribution in [0.4, 0.5) is 5.69 Å². The van der Waals surface area contributed by atoms with Gasteiger partial charge in [0.2, 0.25) is 5.91 Å². The van der Waals surface area contributed by atoms with Crippen LogP contribution in [0.3, 0.4) is 0 Å². The second-order valence-electron chi connectivity index (χ2n) is 4.87. The lowest BCUT2D eigenvalue weighted by molar-refractivity contribution is -0.118. The summed E-state index contributed by atoms with van der Waals surface area (Å²) in [5.74, 6) is 0.193. The molecule has 0 radical (unpaired) electrons. The van der Waals surface area contributed by atoms with E-state index in [1.807, 2.05) is 4.90 Å². The lowest BCUT2D eigenvalue weighted by Crippen LogP contribution is -2.42. The van der Waals surface area contributed by atoms with Gasteiger partial charge < -0.3 is 10.2 Å². The number of hydrogen-bond acceptors (Lipinski definition) is 2. The van der Waals surface area contributed by atoms with Gasteiger partial charge in [-0.2, -0.15) is 0 Å². The number of aryl methyl sites for hydroxylation is 2. The highest BCUT2D eigenvalue weighted by Gasteiger charge is 2.20. The van der Waals surface area contributed by atoms with Gasteiger partial charge in [-0.25, -0.2) is 0 Å². The van der Waals surface area contributed by atoms with Crippen molar-refractivity contribution in [2.24, 2.45) is 0 Å². The zero-order valence-electron chi connectivity index (χ0n) is 11.3. The summed E-state index contributed by atoms with van der Waals surface area (Å²) in [5.41, 5.74) is 3.60. The first-order valence-electron chi connectivity index (χ1n) is 6.83. The molecule has 0 unspecified atom stereocenters. The number of para-hydroxylation sites is 1. The van der Waals surface area contributed by atoms with Crippen molar-refractivity contribution in [1.29, 1.82) is 0 Å². The van der Waals surface area contributed by atoms with Crippen molar-refractivity contribution in [3.05, 3.63) is 29.3 Å². The zero-order valence-corrected chi connectivity index (χ0v) is 11.3. The van der Waals surface area contributed by atoms with E-state index in [2.05, 4.69) is 37.4 Å². The number of rotatable bonds is 2. The van der Waals surface area contributed by atoms with E-state index < -0.39 is 0 Å². The van der Waals surface area contributed by atoms with Crippen molar-refractivity contribution in [2.75, 3.05) is 24.5 Å². The number of benzene rings is 1. The highest BCUT2D eigenvalue weighted by Crippen LogP contribution is 2.26. The van der Waals surface area contributed by atoms with E-state index in [1.165, 1.54) is 11.1 Å². The van der Waals surface area contributed by atoms with Gasteiger partial charge in [0.15, 0.2) is 0 Å². The lowest BCUT2D eigenvalue weighted by atomic mass is 10.0. The Kier molecular flexibility index (Phi) is 4.37. The van der Waals surface area contributed by atoms with E-state index in [-0.39, 0.29) is 5.91 Å². The molecule has 2 rings (SSSR count). The van der Waals surface area contributed by atoms with Crippen LogP contribution in [0.2, 0.25) is 0 Å². The van der Waals surface area contributed by atoms with E-state index in [9.17, 15) is 4.79 Å². The summed E-state index contributed by atoms with van der Waals surface area (Å²) in [5, 5.41) is 3.20. The van der Waals surface area contributed by atoms with Crippen LogP contribution in [0, 0.1) is 6.92 Å². The Labute approximate surface area is 109 Å². The van der Waals surface area contributed by atoms with Gasteiger partial charge in [0, 0.05) is 12.2 Å². The normalized spacial score (nSPS) is 17.4. The number of nitrogens with one attached hydrogen (secondary N) is 1. The minimum absolute atomic E-state index is 0.193. The number of amides is 1. The topological polar surface area (TPSA) is 32.3 Å². The third kappa shape index (κ3) is 2.72. The van der Waals surface area contributed by atoms with Gasteiger partial charge in [-0.1, -0.05) is 25.1 Å². The Morgan fingerprint density at radius 2 is 2.17 bits per heavy atom. The molecule has 1 heterocycles. The maximum Gasteiger partial charge on any atom is 0.240 e. The molecule has 1 fully saturated rings. The standard InChI is InChI=1S/C15H22N2O/c1-3-13-8-6-7-12(2)15(13)17-10-5-4-9-16-11-14(17)18/h6-8,16H,3-5,9-11H2,1-2H3. The molecule has 1 amide bonds. The summed E-state index contributed by atoms with van der Waals surface area (Å²) in [6, 6.07) is 6.29. The fourth-order valence-corrected chi connectivity index (χ4v) is 2.56. The first kappa shape index (κ1) is 13.1. The van der Waals surface area contributed by atoms with Crippen LogP contribution in [-0.4, -0.2) is 25.5 Å². The van der Waals surface area contributed by atoms with Gasteiger partial charge in [-0.05, 0) is 43.9 Å². The number of nitrogens with zero attached hydrogens (tertiary/aromatic N) is 1. The van der Waals surface area contributed by atoms with Crippen molar-refractivity contribution in [3.63, 3.8) is 0 Å². The lowest BCUT2D eigenvalue weighted by Gasteiger charge is -2.28. The van der Waals surface area contributed by atoms with Crippen LogP contribution in [-0.2, 0) is 11.2 Å². The number of anilines is 1. The number of carbonyl (C=O) groups excluding carboxylic acids is 1. The number of carbonyl (C=O) groups is 1. The van der Waals surface area contributed by atoms with Crippen molar-refractivity contribution in [3.8, 4) is 0 Å². The second kappa shape index (κ2) is 6.01. The molecule has 0 aromatic heterocycles. The van der Waals surface area contributed by atoms with Crippen LogP contribution in [0.25, 0.3) is 0 Å². The molecule has 0 spiro atoms. The molecular formula is C15H22N2O. The van der Waals surface area contributed by atoms with Crippen molar-refractivity contribution < 1.29 is 4.79 Å². The first-order chi connectivity index (χ1) is 8.74. The van der Waals surface area contributed by atoms with Gasteiger partial charge in [0.1, 0.15) is 0 Å². The SMILES string of the molecule is CCc1cccc(C)c1N1CCCCNCC1=O. The van der Waals surface area contributed by atoms with Gasteiger partial charge in [-0.3, -0.25) is 4.79 Å². The average molecular weight is 246 g/mol. The van der Waals surface area contributed by atoms with E-state index in [1.54, 1.807) is 0 Å². The molecule has 1 N–H and O–H groups in total. The molecule has 0 aliphatic carbocycles. The van der Waals surface area contributed by atoms with Crippen LogP contribution >= 0.6 is 0 Å². The Balaban J connectivity index is 2.35. The Hall–Kier alpha value is -1.35. The molecule has 18 heavy (non-hydrogen) atoms. The monoisotopic (exact) mass is 246 g/mol. The molecule has 1 aliphatic heterocycles. The molecule has 1 aromatic carbocycles. The minimum Gasteiger partial charge on any atom is -0.311 e. The quantitative estimate of drug-likeness (QED) is 0.868. The van der Waals surface area contributed by atoms with Gasteiger partial charge in [0.05, 0.1) is 6.54 Å². The van der Waals surface area contributed by atoms with Crippen molar-refractivity contribution in [1.82, 2.24) is 5.32 Å². The molecule has 0 saturated carbocycles. The third-order valence-corrected chi connectivity index (χ3v) is 3.53. The van der Waals surface area contributed by atoms with E-state index in [0.29, 0.717) is 6.54 Å². The summed E-state index contributed by atoms with van der Waals surface area (Å²) in [7, 11) is 0. The van der Waals surface area contributed by atoms with Crippen molar-refractivity contribution >= 4 is 11.6 Å². The molecule has 1 aliphatic rings. The zero-order chi connectivity index (χ0) is 13.0. The second-order valence-corrected chi connectivity index (χ2v) is 4.87. The van der Waals surface area contributed by atoms with E-state index >= 15 is 0 Å². The molecule has 1 saturated heterocycles.